The third-order valence-electron chi connectivity index (χ3n) is 24.7. The van der Waals surface area contributed by atoms with E-state index in [2.05, 4.69) is 26.6 Å². The number of aliphatic hydroxyl groups excluding tert-OH is 9. The fraction of sp³-hybridized carbons (Fsp3) is 0.920. The van der Waals surface area contributed by atoms with Gasteiger partial charge in [0, 0.05) is 83.0 Å². The number of carbonyl (C=O) groups excluding carboxylic acids is 6. The van der Waals surface area contributed by atoms with Crippen molar-refractivity contribution >= 4 is 35.6 Å². The van der Waals surface area contributed by atoms with Crippen LogP contribution in [0.3, 0.4) is 0 Å². The molecule has 32 heteroatoms. The van der Waals surface area contributed by atoms with Crippen LogP contribution < -0.4 is 26.6 Å². The van der Waals surface area contributed by atoms with Crippen LogP contribution in [-0.4, -0.2) is 304 Å². The van der Waals surface area contributed by atoms with Gasteiger partial charge in [-0.15, -0.1) is 0 Å². The summed E-state index contributed by atoms with van der Waals surface area (Å²) in [6.45, 7) is 12.8. The molecule has 30 atom stereocenters. The Morgan fingerprint density at radius 2 is 0.879 bits per heavy atom. The van der Waals surface area contributed by atoms with Gasteiger partial charge in [0.15, 0.2) is 25.2 Å². The molecule has 14 N–H and O–H groups in total. The van der Waals surface area contributed by atoms with Gasteiger partial charge < -0.3 is 130 Å². The van der Waals surface area contributed by atoms with Crippen molar-refractivity contribution in [1.82, 2.24) is 36.4 Å². The first-order chi connectivity index (χ1) is 51.3. The SMILES string of the molecule is CC[C@H]1C[C@@H](C(=O)NCCNC(=O)NCCNC(=O)[C@@H]2C[C@H](CC)[C@@H](O[C@@H]3O[C@@H](C)[C@@H](O)[C@@H](C)[C@@H]3O)[C@H](O[C@@H]3O[C@H](CO)[C@H](O)[C@H](OC(CC4CCCCC4)C(=O)N4CCC4)[C@H]3NC(C)=O)C2)C[C@@H](O[C@@H]2O[C@H](CO)[C@H](O)[C@H](O[C@@H](CC3CCCCC3)C(=O)N3CCC3)[C@H]2C)[C@@H]1O[C@@H]1O[C@@H](C)[C@@H](O)[C@@H](O)[C@@H]1O. The van der Waals surface area contributed by atoms with E-state index < -0.39 is 208 Å². The smallest absolute Gasteiger partial charge is 0.314 e. The predicted octanol–water partition coefficient (Wildman–Crippen LogP) is 0.0714. The van der Waals surface area contributed by atoms with Crippen LogP contribution in [0.2, 0.25) is 0 Å². The molecular formula is C75H127N7O25. The van der Waals surface area contributed by atoms with Gasteiger partial charge in [-0.05, 0) is 88.9 Å². The zero-order chi connectivity index (χ0) is 76.9. The summed E-state index contributed by atoms with van der Waals surface area (Å²) in [4.78, 5) is 86.9. The molecule has 0 bridgehead atoms. The Labute approximate surface area is 628 Å². The molecule has 7 amide bonds. The summed E-state index contributed by atoms with van der Waals surface area (Å²) in [6.07, 6.45) is -13.1. The normalized spacial score (nSPS) is 40.1. The van der Waals surface area contributed by atoms with Gasteiger partial charge >= 0.3 is 6.03 Å². The molecule has 10 fully saturated rings. The number of hydrogen-bond acceptors (Lipinski definition) is 25. The minimum Gasteiger partial charge on any atom is -0.394 e. The second-order valence-corrected chi connectivity index (χ2v) is 32.3. The Kier molecular flexibility index (Phi) is 31.9. The summed E-state index contributed by atoms with van der Waals surface area (Å²) < 4.78 is 65.1. The number of hydrogen-bond donors (Lipinski definition) is 14. The van der Waals surface area contributed by atoms with Crippen molar-refractivity contribution in [3.8, 4) is 0 Å². The highest BCUT2D eigenvalue weighted by molar-refractivity contribution is 5.82. The second-order valence-electron chi connectivity index (χ2n) is 32.3. The third-order valence-corrected chi connectivity index (χ3v) is 24.7. The summed E-state index contributed by atoms with van der Waals surface area (Å²) in [5.74, 6) is -4.90. The quantitative estimate of drug-likeness (QED) is 0.0409. The summed E-state index contributed by atoms with van der Waals surface area (Å²) >= 11 is 0. The molecule has 107 heavy (non-hydrogen) atoms. The first-order valence-electron chi connectivity index (χ1n) is 40.3. The van der Waals surface area contributed by atoms with E-state index in [9.17, 15) is 74.7 Å². The van der Waals surface area contributed by atoms with Gasteiger partial charge in [0.05, 0.1) is 62.0 Å². The topological polar surface area (TPSA) is 443 Å². The zero-order valence-corrected chi connectivity index (χ0v) is 63.6. The largest absolute Gasteiger partial charge is 0.394 e. The maximum Gasteiger partial charge on any atom is 0.314 e. The molecule has 6 aliphatic heterocycles. The number of rotatable bonds is 31. The van der Waals surface area contributed by atoms with Gasteiger partial charge in [0.1, 0.15) is 73.2 Å². The van der Waals surface area contributed by atoms with Crippen molar-refractivity contribution in [3.05, 3.63) is 0 Å². The molecule has 4 aliphatic carbocycles. The number of aliphatic hydroxyl groups is 9. The molecule has 32 nitrogen and oxygen atoms in total. The van der Waals surface area contributed by atoms with Crippen molar-refractivity contribution in [3.63, 3.8) is 0 Å². The van der Waals surface area contributed by atoms with Crippen molar-refractivity contribution in [2.75, 3.05) is 65.6 Å². The third kappa shape index (κ3) is 21.4. The molecule has 4 saturated carbocycles. The molecule has 0 aromatic heterocycles. The predicted molar refractivity (Wildman–Crippen MR) is 380 cm³/mol. The molecule has 612 valence electrons. The molecule has 10 aliphatic rings. The molecule has 6 saturated heterocycles. The van der Waals surface area contributed by atoms with Crippen LogP contribution >= 0.6 is 0 Å². The minimum atomic E-state index is -1.66. The van der Waals surface area contributed by atoms with Gasteiger partial charge in [-0.25, -0.2) is 4.79 Å². The Morgan fingerprint density at radius 1 is 0.449 bits per heavy atom. The zero-order valence-electron chi connectivity index (χ0n) is 63.6. The summed E-state index contributed by atoms with van der Waals surface area (Å²) in [7, 11) is 0. The Balaban J connectivity index is 0.764. The molecule has 0 radical (unpaired) electrons. The van der Waals surface area contributed by atoms with E-state index in [-0.39, 0.29) is 87.3 Å². The minimum absolute atomic E-state index is 0.00373. The van der Waals surface area contributed by atoms with Crippen LogP contribution in [0.1, 0.15) is 177 Å². The van der Waals surface area contributed by atoms with Crippen molar-refractivity contribution in [1.29, 1.82) is 0 Å². The van der Waals surface area contributed by atoms with Crippen LogP contribution in [0.25, 0.3) is 0 Å². The Hall–Kier alpha value is -4.14. The number of nitrogens with one attached hydrogen (secondary N) is 5. The molecule has 10 rings (SSSR count). The lowest BCUT2D eigenvalue weighted by Crippen LogP contribution is -2.67. The Morgan fingerprint density at radius 3 is 1.33 bits per heavy atom. The summed E-state index contributed by atoms with van der Waals surface area (Å²) in [5, 5.41) is 114. The first-order valence-corrected chi connectivity index (χ1v) is 40.3. The lowest BCUT2D eigenvalue weighted by Gasteiger charge is -2.49. The molecular weight excluding hydrogens is 1400 g/mol. The van der Waals surface area contributed by atoms with E-state index in [0.29, 0.717) is 51.9 Å². The number of ether oxygens (including phenoxy) is 10. The highest BCUT2D eigenvalue weighted by Crippen LogP contribution is 2.44. The molecule has 6 heterocycles. The van der Waals surface area contributed by atoms with Crippen LogP contribution in [0, 0.1) is 47.3 Å². The van der Waals surface area contributed by atoms with E-state index in [0.717, 1.165) is 77.0 Å². The standard InChI is InChI=1S/C75H127N7O25/c1-8-45-32-47(34-49(64(45)107-74-62(92)61(91)58(88)41(6)99-74)102-71-39(4)63(59(89)53(36-83)104-71)100-51(69(95)81-26-16-27-81)30-43-18-12-10-13-19-43)67(93)76-22-24-78-75(97)79-25-23-77-68(94)48-33-46(9-2)65(106-73-57(87)38(3)56(86)40(5)98-73)50(35-48)103-72-55(80-42(7)85)66(60(90)54(37-84)105-72)101-52(70(96)82-28-17-29-82)31-44-20-14-11-15-21-44/h38-41,43-66,71-74,83-84,86-92H,8-37H2,1-7H3,(H,76,93)(H,77,94)(H,80,85)(H2,78,79,97)/t38-,39-,40+,41+,45+,46+,47-,48-,49-,50-,51+,52?,53-,54-,55-,56+,57+,58-,59+,60+,61-,62+,63-,64-,65-,66-,71-,72-,73+,74+/m1/s1. The maximum absolute atomic E-state index is 14.4. The van der Waals surface area contributed by atoms with Gasteiger partial charge in [0.2, 0.25) is 17.7 Å². The maximum atomic E-state index is 14.4. The van der Waals surface area contributed by atoms with E-state index in [1.165, 1.54) is 13.8 Å². The van der Waals surface area contributed by atoms with Crippen molar-refractivity contribution in [2.24, 2.45) is 47.3 Å². The second kappa shape index (κ2) is 40.0. The van der Waals surface area contributed by atoms with Crippen molar-refractivity contribution < 1.29 is 122 Å². The first kappa shape index (κ1) is 85.3. The van der Waals surface area contributed by atoms with Gasteiger partial charge in [-0.3, -0.25) is 24.0 Å². The average molecular weight is 1530 g/mol. The van der Waals surface area contributed by atoms with E-state index in [1.807, 2.05) is 13.8 Å². The van der Waals surface area contributed by atoms with Crippen molar-refractivity contribution in [2.45, 2.75) is 324 Å². The van der Waals surface area contributed by atoms with E-state index in [4.69, 9.17) is 47.4 Å². The number of carbonyl (C=O) groups is 6. The highest BCUT2D eigenvalue weighted by atomic mass is 16.7. The number of likely N-dealkylation sites (tertiary alicyclic amines) is 2. The number of amides is 7. The molecule has 0 aromatic rings. The summed E-state index contributed by atoms with van der Waals surface area (Å²) in [6, 6.07) is -1.85. The Bertz CT molecular complexity index is 2830. The average Bonchev–Trinajstić information content (AvgIpc) is 0.778. The monoisotopic (exact) mass is 1530 g/mol. The number of nitrogens with zero attached hydrogens (tertiary/aromatic N) is 2. The lowest BCUT2D eigenvalue weighted by atomic mass is 9.75. The van der Waals surface area contributed by atoms with Crippen LogP contribution in [0.15, 0.2) is 0 Å². The summed E-state index contributed by atoms with van der Waals surface area (Å²) in [5.41, 5.74) is 0. The van der Waals surface area contributed by atoms with Gasteiger partial charge in [-0.2, -0.15) is 0 Å². The molecule has 1 unspecified atom stereocenters. The van der Waals surface area contributed by atoms with E-state index in [1.54, 1.807) is 30.6 Å². The van der Waals surface area contributed by atoms with Gasteiger partial charge in [0.25, 0.3) is 11.8 Å². The van der Waals surface area contributed by atoms with E-state index >= 15 is 0 Å². The molecule has 0 aromatic carbocycles. The van der Waals surface area contributed by atoms with Gasteiger partial charge in [-0.1, -0.05) is 105 Å². The molecule has 0 spiro atoms. The lowest BCUT2D eigenvalue weighted by molar-refractivity contribution is -0.343. The fourth-order valence-electron chi connectivity index (χ4n) is 17.8. The fourth-order valence-corrected chi connectivity index (χ4v) is 17.8. The van der Waals surface area contributed by atoms with Crippen LogP contribution in [-0.2, 0) is 71.3 Å². The van der Waals surface area contributed by atoms with Crippen LogP contribution in [0.5, 0.6) is 0 Å². The highest BCUT2D eigenvalue weighted by Gasteiger charge is 2.56. The van der Waals surface area contributed by atoms with Crippen LogP contribution in [0.4, 0.5) is 4.79 Å². The number of urea groups is 1.